The van der Waals surface area contributed by atoms with Crippen LogP contribution in [-0.4, -0.2) is 10.7 Å². The molecule has 0 aromatic heterocycles. The molecule has 0 saturated carbocycles. The quantitative estimate of drug-likeness (QED) is 0.0966. The summed E-state index contributed by atoms with van der Waals surface area (Å²) in [6.07, 6.45) is 46.9. The summed E-state index contributed by atoms with van der Waals surface area (Å²) >= 11 is 0. The molecule has 0 heterocycles. The monoisotopic (exact) mass is 565 g/mol. The highest BCUT2D eigenvalue weighted by atomic mass is 16.3. The Morgan fingerprint density at radius 3 is 0.854 bits per heavy atom. The Morgan fingerprint density at radius 2 is 0.610 bits per heavy atom. The number of hydrogen-bond acceptors (Lipinski definition) is 1. The molecule has 0 aromatic carbocycles. The van der Waals surface area contributed by atoms with E-state index >= 15 is 0 Å². The molecule has 0 aliphatic carbocycles. The highest BCUT2D eigenvalue weighted by molar-refractivity contribution is 5.05. The second-order valence-corrected chi connectivity index (χ2v) is 13.8. The van der Waals surface area contributed by atoms with Gasteiger partial charge in [-0.3, -0.25) is 0 Å². The Labute approximate surface area is 257 Å². The van der Waals surface area contributed by atoms with Gasteiger partial charge in [-0.05, 0) is 120 Å². The molecule has 0 aromatic rings. The lowest BCUT2D eigenvalue weighted by Crippen LogP contribution is -2.54. The van der Waals surface area contributed by atoms with Gasteiger partial charge in [0.15, 0.2) is 0 Å². The van der Waals surface area contributed by atoms with E-state index in [0.717, 1.165) is 83.5 Å². The number of rotatable bonds is 23. The maximum Gasteiger partial charge on any atom is 0.0647 e. The van der Waals surface area contributed by atoms with Crippen molar-refractivity contribution in [2.75, 3.05) is 0 Å². The number of allylic oxidation sites excluding steroid dienone is 14. The van der Waals surface area contributed by atoms with E-state index in [2.05, 4.69) is 134 Å². The molecule has 1 N–H and O–H groups in total. The molecule has 0 amide bonds. The number of hydrogen-bond donors (Lipinski definition) is 1. The van der Waals surface area contributed by atoms with E-state index in [4.69, 9.17) is 0 Å². The number of aliphatic hydroxyl groups is 1. The summed E-state index contributed by atoms with van der Waals surface area (Å²) in [5.74, 6) is 0. The first-order valence-corrected chi connectivity index (χ1v) is 16.5. The molecule has 0 aliphatic rings. The van der Waals surface area contributed by atoms with Gasteiger partial charge in [-0.25, -0.2) is 0 Å². The lowest BCUT2D eigenvalue weighted by atomic mass is 9.49. The fourth-order valence-corrected chi connectivity index (χ4v) is 4.86. The average molecular weight is 565 g/mol. The van der Waals surface area contributed by atoms with Gasteiger partial charge in [0.1, 0.15) is 0 Å². The summed E-state index contributed by atoms with van der Waals surface area (Å²) < 4.78 is 0. The maximum absolute atomic E-state index is 10.8. The minimum atomic E-state index is -0.726. The first kappa shape index (κ1) is 39.1. The molecular weight excluding hydrogens is 496 g/mol. The molecule has 1 nitrogen and oxygen atoms in total. The lowest BCUT2D eigenvalue weighted by molar-refractivity contribution is -0.143. The van der Waals surface area contributed by atoms with Crippen LogP contribution in [0.15, 0.2) is 85.1 Å². The van der Waals surface area contributed by atoms with Crippen LogP contribution in [0.4, 0.5) is 0 Å². The summed E-state index contributed by atoms with van der Waals surface area (Å²) in [4.78, 5) is 0. The second-order valence-electron chi connectivity index (χ2n) is 13.8. The van der Waals surface area contributed by atoms with E-state index in [0.29, 0.717) is 0 Å². The van der Waals surface area contributed by atoms with E-state index in [9.17, 15) is 5.11 Å². The van der Waals surface area contributed by atoms with Gasteiger partial charge >= 0.3 is 0 Å². The van der Waals surface area contributed by atoms with E-state index in [-0.39, 0.29) is 16.2 Å². The predicted molar refractivity (Wildman–Crippen MR) is 187 cm³/mol. The van der Waals surface area contributed by atoms with Crippen molar-refractivity contribution in [1.29, 1.82) is 0 Å². The zero-order valence-corrected chi connectivity index (χ0v) is 28.7. The third-order valence-electron chi connectivity index (χ3n) is 9.65. The van der Waals surface area contributed by atoms with Crippen molar-refractivity contribution in [2.45, 2.75) is 151 Å². The summed E-state index contributed by atoms with van der Waals surface area (Å²) in [5.41, 5.74) is -0.860. The van der Waals surface area contributed by atoms with Crippen molar-refractivity contribution in [3.8, 4) is 0 Å². The zero-order chi connectivity index (χ0) is 31.1. The van der Waals surface area contributed by atoms with Crippen molar-refractivity contribution in [3.63, 3.8) is 0 Å². The fourth-order valence-electron chi connectivity index (χ4n) is 4.86. The summed E-state index contributed by atoms with van der Waals surface area (Å²) in [5, 5.41) is 10.8. The highest BCUT2D eigenvalue weighted by Crippen LogP contribution is 2.57. The third kappa shape index (κ3) is 17.0. The summed E-state index contributed by atoms with van der Waals surface area (Å²) in [7, 11) is 0. The largest absolute Gasteiger partial charge is 0.390 e. The first-order chi connectivity index (χ1) is 19.3. The topological polar surface area (TPSA) is 20.2 Å². The van der Waals surface area contributed by atoms with E-state index in [1.54, 1.807) is 0 Å². The first-order valence-electron chi connectivity index (χ1n) is 16.5. The van der Waals surface area contributed by atoms with Crippen molar-refractivity contribution >= 4 is 0 Å². The van der Waals surface area contributed by atoms with Crippen molar-refractivity contribution in [3.05, 3.63) is 85.1 Å². The molecule has 0 saturated heterocycles. The third-order valence-corrected chi connectivity index (χ3v) is 9.65. The van der Waals surface area contributed by atoms with Gasteiger partial charge in [0.05, 0.1) is 5.60 Å². The molecule has 0 aliphatic heterocycles. The van der Waals surface area contributed by atoms with Gasteiger partial charge in [-0.15, -0.1) is 0 Å². The van der Waals surface area contributed by atoms with E-state index < -0.39 is 5.60 Å². The summed E-state index contributed by atoms with van der Waals surface area (Å²) in [6, 6.07) is 0. The minimum absolute atomic E-state index is 0.0207. The van der Waals surface area contributed by atoms with Crippen LogP contribution in [0.2, 0.25) is 0 Å². The molecule has 0 atom stereocenters. The van der Waals surface area contributed by atoms with E-state index in [1.807, 2.05) is 13.8 Å². The molecule has 41 heavy (non-hydrogen) atoms. The van der Waals surface area contributed by atoms with Crippen molar-refractivity contribution in [1.82, 2.24) is 0 Å². The predicted octanol–water partition coefficient (Wildman–Crippen LogP) is 12.8. The van der Waals surface area contributed by atoms with Crippen LogP contribution in [0, 0.1) is 16.2 Å². The molecule has 0 bridgehead atoms. The van der Waals surface area contributed by atoms with Gasteiger partial charge in [-0.1, -0.05) is 127 Å². The SMILES string of the molecule is CC=CCCC=CCCC=CCCC=CCCC=CCCC=CCCC=CCC(C)(C)C(C)(C)C(C)(C)C(C)(C)O. The minimum Gasteiger partial charge on any atom is -0.390 e. The molecule has 1 heteroatoms. The van der Waals surface area contributed by atoms with Gasteiger partial charge in [0.25, 0.3) is 0 Å². The Bertz CT molecular complexity index is 846. The normalized spacial score (nSPS) is 14.7. The lowest BCUT2D eigenvalue weighted by Gasteiger charge is -2.57. The van der Waals surface area contributed by atoms with Crippen molar-refractivity contribution in [2.24, 2.45) is 16.2 Å². The van der Waals surface area contributed by atoms with Gasteiger partial charge in [-0.2, -0.15) is 0 Å². The standard InChI is InChI=1S/C40H68O/c1-10-11-12-13-14-15-16-17-18-19-20-21-22-23-24-25-26-27-28-29-30-31-32-33-34-35-36-37(2,3)38(4,5)39(6,7)40(8,9)41/h10-11,14-15,18-19,22-23,26-27,30-31,34-35,41H,12-13,16-17,20-21,24-25,28-29,32-33,36H2,1-9H3. The van der Waals surface area contributed by atoms with E-state index in [1.165, 1.54) is 0 Å². The highest BCUT2D eigenvalue weighted by Gasteiger charge is 2.53. The van der Waals surface area contributed by atoms with Crippen LogP contribution in [-0.2, 0) is 0 Å². The van der Waals surface area contributed by atoms with Crippen molar-refractivity contribution < 1.29 is 5.11 Å². The number of unbranched alkanes of at least 4 members (excludes halogenated alkanes) is 6. The zero-order valence-electron chi connectivity index (χ0n) is 28.7. The Hall–Kier alpha value is -1.86. The molecule has 0 fully saturated rings. The van der Waals surface area contributed by atoms with Crippen LogP contribution in [0.25, 0.3) is 0 Å². The van der Waals surface area contributed by atoms with Gasteiger partial charge < -0.3 is 5.11 Å². The van der Waals surface area contributed by atoms with Crippen LogP contribution in [0.5, 0.6) is 0 Å². The fraction of sp³-hybridized carbons (Fsp3) is 0.650. The Balaban J connectivity index is 3.89. The van der Waals surface area contributed by atoms with Crippen LogP contribution in [0.3, 0.4) is 0 Å². The van der Waals surface area contributed by atoms with Crippen LogP contribution in [0.1, 0.15) is 146 Å². The van der Waals surface area contributed by atoms with Crippen LogP contribution >= 0.6 is 0 Å². The molecule has 0 radical (unpaired) electrons. The molecular formula is C40H68O. The second kappa shape index (κ2) is 21.8. The Kier molecular flexibility index (Phi) is 20.8. The van der Waals surface area contributed by atoms with Gasteiger partial charge in [0.2, 0.25) is 0 Å². The Morgan fingerprint density at radius 1 is 0.366 bits per heavy atom. The molecule has 0 unspecified atom stereocenters. The molecule has 234 valence electrons. The molecule has 0 rings (SSSR count). The average Bonchev–Trinajstić information content (AvgIpc) is 2.89. The van der Waals surface area contributed by atoms with Gasteiger partial charge in [0, 0.05) is 0 Å². The summed E-state index contributed by atoms with van der Waals surface area (Å²) in [6.45, 7) is 19.7. The maximum atomic E-state index is 10.8. The smallest absolute Gasteiger partial charge is 0.0647 e. The van der Waals surface area contributed by atoms with Crippen LogP contribution < -0.4 is 0 Å². The molecule has 0 spiro atoms.